The van der Waals surface area contributed by atoms with Gasteiger partial charge < -0.3 is 9.13 Å². The average Bonchev–Trinajstić information content (AvgIpc) is 3.54. The topological polar surface area (TPSA) is 35.6 Å². The van der Waals surface area contributed by atoms with Crippen LogP contribution in [0.15, 0.2) is 36.4 Å². The first-order valence-electron chi connectivity index (χ1n) is 13.7. The van der Waals surface area contributed by atoms with E-state index >= 15 is 0 Å². The van der Waals surface area contributed by atoms with Gasteiger partial charge in [0.05, 0.1) is 11.6 Å². The number of pyridine rings is 2. The van der Waals surface area contributed by atoms with Crippen molar-refractivity contribution < 1.29 is 73.8 Å². The van der Waals surface area contributed by atoms with Crippen molar-refractivity contribution in [2.75, 3.05) is 0 Å². The summed E-state index contributed by atoms with van der Waals surface area (Å²) in [5.74, 6) is -1.30. The second kappa shape index (κ2) is 11.1. The molecule has 17 heteroatoms. The van der Waals surface area contributed by atoms with E-state index in [9.17, 15) is 52.7 Å². The molecule has 0 aliphatic carbocycles. The van der Waals surface area contributed by atoms with Crippen LogP contribution in [0.1, 0.15) is 86.6 Å². The standard InChI is InChI=1S/C31H24F12N4.Pt/c1-25(2)17-9-7-11-19(44-17)46-13-15(21(28(32,33)34)23(46)30(38,39)40)26(3,4)27(5,6)16-14-47(20-12-8-10-18(25)45-20)24(31(41,42)43)22(16)29(35,36)37;/h7-12H,1-6H3;/q-2;+2. The van der Waals surface area contributed by atoms with Gasteiger partial charge in [0.1, 0.15) is 0 Å². The minimum atomic E-state index is -5.75. The molecule has 0 radical (unpaired) electrons. The Morgan fingerprint density at radius 2 is 0.833 bits per heavy atom. The van der Waals surface area contributed by atoms with Crippen LogP contribution < -0.4 is 0 Å². The zero-order valence-corrected chi connectivity index (χ0v) is 27.9. The van der Waals surface area contributed by atoms with Gasteiger partial charge in [-0.05, 0) is 47.9 Å². The number of hydrogen-bond donors (Lipinski definition) is 0. The summed E-state index contributed by atoms with van der Waals surface area (Å²) in [6.07, 6.45) is -18.7. The van der Waals surface area contributed by atoms with Gasteiger partial charge in [0, 0.05) is 28.2 Å². The summed E-state index contributed by atoms with van der Waals surface area (Å²) in [6, 6.07) is 7.07. The predicted octanol–water partition coefficient (Wildman–Crippen LogP) is 9.63. The Morgan fingerprint density at radius 1 is 0.521 bits per heavy atom. The van der Waals surface area contributed by atoms with Gasteiger partial charge in [-0.25, -0.2) is 0 Å². The maximum absolute atomic E-state index is 14.7. The minimum Gasteiger partial charge on any atom is -0.425 e. The molecular weight excluding hydrogens is 851 g/mol. The normalized spacial score (nSPS) is 17.3. The minimum absolute atomic E-state index is 0. The maximum atomic E-state index is 14.7. The van der Waals surface area contributed by atoms with E-state index in [1.807, 2.05) is 0 Å². The Bertz CT molecular complexity index is 1740. The van der Waals surface area contributed by atoms with Crippen molar-refractivity contribution in [1.29, 1.82) is 0 Å². The fraction of sp³-hybridized carbons (Fsp3) is 0.419. The van der Waals surface area contributed by atoms with Crippen LogP contribution in [-0.4, -0.2) is 19.1 Å². The molecule has 5 rings (SSSR count). The van der Waals surface area contributed by atoms with Crippen LogP contribution in [0.2, 0.25) is 0 Å². The summed E-state index contributed by atoms with van der Waals surface area (Å²) >= 11 is 0. The van der Waals surface area contributed by atoms with Gasteiger partial charge in [-0.1, -0.05) is 64.4 Å². The molecule has 48 heavy (non-hydrogen) atoms. The number of nitrogens with zero attached hydrogens (tertiary/aromatic N) is 4. The van der Waals surface area contributed by atoms with E-state index in [1.54, 1.807) is 0 Å². The van der Waals surface area contributed by atoms with Gasteiger partial charge in [-0.15, -0.1) is 11.1 Å². The SMILES string of the molecule is CC1(C)c2cccc(n2)-n2[c-]c(c(C(F)(F)F)c2C(F)(F)F)C(C)(C)C(C)(C)c2[c-]n(c(C(F)(F)F)c2C(F)(F)F)-c2cccc1n2.[Pt+2]. The molecule has 4 aromatic heterocycles. The van der Waals surface area contributed by atoms with E-state index in [0.29, 0.717) is 0 Å². The van der Waals surface area contributed by atoms with Crippen molar-refractivity contribution >= 4 is 0 Å². The molecule has 5 heterocycles. The predicted molar refractivity (Wildman–Crippen MR) is 143 cm³/mol. The number of hydrogen-bond acceptors (Lipinski definition) is 2. The van der Waals surface area contributed by atoms with Crippen LogP contribution in [0.3, 0.4) is 0 Å². The molecule has 0 atom stereocenters. The van der Waals surface area contributed by atoms with Gasteiger partial charge >= 0.3 is 45.8 Å². The van der Waals surface area contributed by atoms with E-state index in [2.05, 4.69) is 22.4 Å². The average molecular weight is 876 g/mol. The Hall–Kier alpha value is -3.29. The van der Waals surface area contributed by atoms with Crippen molar-refractivity contribution in [3.05, 3.63) is 93.8 Å². The summed E-state index contributed by atoms with van der Waals surface area (Å²) in [7, 11) is 0. The molecule has 8 bridgehead atoms. The van der Waals surface area contributed by atoms with Crippen LogP contribution >= 0.6 is 0 Å². The third-order valence-corrected chi connectivity index (χ3v) is 8.99. The summed E-state index contributed by atoms with van der Waals surface area (Å²) in [5.41, 5.74) is -18.0. The molecule has 0 saturated heterocycles. The van der Waals surface area contributed by atoms with Crippen molar-refractivity contribution in [3.63, 3.8) is 0 Å². The number of rotatable bonds is 0. The smallest absolute Gasteiger partial charge is 0.425 e. The summed E-state index contributed by atoms with van der Waals surface area (Å²) < 4.78 is 176. The Morgan fingerprint density at radius 3 is 1.10 bits per heavy atom. The van der Waals surface area contributed by atoms with Gasteiger partial charge in [0.2, 0.25) is 0 Å². The number of halogens is 12. The Balaban J connectivity index is 0.00000520. The van der Waals surface area contributed by atoms with Gasteiger partial charge in [0.15, 0.2) is 0 Å². The zero-order valence-electron chi connectivity index (χ0n) is 25.6. The van der Waals surface area contributed by atoms with Crippen LogP contribution in [0.25, 0.3) is 11.6 Å². The van der Waals surface area contributed by atoms with E-state index in [0.717, 1.165) is 39.8 Å². The molecular formula is C31H24F12N4Pt. The Labute approximate surface area is 280 Å². The molecule has 1 aliphatic rings. The summed E-state index contributed by atoms with van der Waals surface area (Å²) in [6.45, 7) is 6.48. The van der Waals surface area contributed by atoms with E-state index in [4.69, 9.17) is 0 Å². The number of aromatic nitrogens is 4. The molecule has 1 aliphatic heterocycles. The second-order valence-corrected chi connectivity index (χ2v) is 12.7. The molecule has 262 valence electrons. The van der Waals surface area contributed by atoms with E-state index in [-0.39, 0.29) is 41.6 Å². The zero-order chi connectivity index (χ0) is 35.5. The molecule has 0 amide bonds. The number of alkyl halides is 12. The second-order valence-electron chi connectivity index (χ2n) is 12.7. The molecule has 0 N–H and O–H groups in total. The first-order valence-corrected chi connectivity index (χ1v) is 13.7. The molecule has 0 spiro atoms. The van der Waals surface area contributed by atoms with Crippen molar-refractivity contribution in [2.45, 2.75) is 82.5 Å². The quantitative estimate of drug-likeness (QED) is 0.130. The molecule has 0 fully saturated rings. The van der Waals surface area contributed by atoms with Gasteiger partial charge in [-0.2, -0.15) is 52.7 Å². The Kier molecular flexibility index (Phi) is 8.69. The number of fused-ring (bicyclic) bond motifs is 10. The first-order chi connectivity index (χ1) is 21.1. The van der Waals surface area contributed by atoms with Crippen LogP contribution in [-0.2, 0) is 62.0 Å². The van der Waals surface area contributed by atoms with Crippen molar-refractivity contribution in [3.8, 4) is 11.6 Å². The molecule has 0 unspecified atom stereocenters. The van der Waals surface area contributed by atoms with Crippen molar-refractivity contribution in [1.82, 2.24) is 19.1 Å². The van der Waals surface area contributed by atoms with Crippen molar-refractivity contribution in [2.24, 2.45) is 0 Å². The van der Waals surface area contributed by atoms with Gasteiger partial charge in [0.25, 0.3) is 0 Å². The molecule has 4 aromatic rings. The maximum Gasteiger partial charge on any atom is 2.00 e. The molecule has 0 aromatic carbocycles. The third-order valence-electron chi connectivity index (χ3n) is 8.99. The van der Waals surface area contributed by atoms with Gasteiger partial charge in [-0.3, -0.25) is 9.97 Å². The fourth-order valence-corrected chi connectivity index (χ4v) is 5.79. The van der Waals surface area contributed by atoms with Crippen LogP contribution in [0.5, 0.6) is 0 Å². The monoisotopic (exact) mass is 875 g/mol. The van der Waals surface area contributed by atoms with E-state index in [1.165, 1.54) is 38.1 Å². The summed E-state index contributed by atoms with van der Waals surface area (Å²) in [5, 5.41) is 0. The third kappa shape index (κ3) is 5.75. The fourth-order valence-electron chi connectivity index (χ4n) is 5.79. The largest absolute Gasteiger partial charge is 2.00 e. The van der Waals surface area contributed by atoms with Crippen LogP contribution in [0.4, 0.5) is 52.7 Å². The molecule has 0 saturated carbocycles. The molecule has 4 nitrogen and oxygen atoms in total. The van der Waals surface area contributed by atoms with Crippen LogP contribution in [0, 0.1) is 12.4 Å². The van der Waals surface area contributed by atoms with E-state index < -0.39 is 86.2 Å². The summed E-state index contributed by atoms with van der Waals surface area (Å²) in [4.78, 5) is 8.43. The first kappa shape index (κ1) is 37.5.